The van der Waals surface area contributed by atoms with Gasteiger partial charge in [0.05, 0.1) is 5.56 Å². The smallest absolute Gasteiger partial charge is 0.295 e. The lowest BCUT2D eigenvalue weighted by Crippen LogP contribution is -2.05. The van der Waals surface area contributed by atoms with Crippen molar-refractivity contribution in [3.63, 3.8) is 0 Å². The SMILES string of the molecule is CCCCc1cc2ccc(C(F)(F)F)cc2cc1C(C)=O. The van der Waals surface area contributed by atoms with Crippen LogP contribution >= 0.6 is 0 Å². The zero-order valence-electron chi connectivity index (χ0n) is 12.1. The Kier molecular flexibility index (Phi) is 4.35. The molecule has 0 heterocycles. The first kappa shape index (κ1) is 15.5. The van der Waals surface area contributed by atoms with Crippen molar-refractivity contribution >= 4 is 16.6 Å². The number of unbranched alkanes of at least 4 members (excludes halogenated alkanes) is 1. The quantitative estimate of drug-likeness (QED) is 0.690. The van der Waals surface area contributed by atoms with Crippen molar-refractivity contribution in [2.24, 2.45) is 0 Å². The van der Waals surface area contributed by atoms with E-state index >= 15 is 0 Å². The number of alkyl halides is 3. The molecule has 0 aliphatic rings. The van der Waals surface area contributed by atoms with E-state index in [0.29, 0.717) is 10.9 Å². The van der Waals surface area contributed by atoms with Gasteiger partial charge in [0, 0.05) is 5.56 Å². The fourth-order valence-corrected chi connectivity index (χ4v) is 2.42. The molecule has 0 aromatic heterocycles. The highest BCUT2D eigenvalue weighted by Crippen LogP contribution is 2.32. The number of ketones is 1. The second-order valence-corrected chi connectivity index (χ2v) is 5.23. The molecule has 0 atom stereocenters. The lowest BCUT2D eigenvalue weighted by atomic mass is 9.94. The minimum absolute atomic E-state index is 0.111. The molecular weight excluding hydrogens is 277 g/mol. The van der Waals surface area contributed by atoms with E-state index in [1.54, 1.807) is 6.07 Å². The van der Waals surface area contributed by atoms with Crippen LogP contribution in [0.1, 0.15) is 48.2 Å². The number of carbonyl (C=O) groups is 1. The van der Waals surface area contributed by atoms with Gasteiger partial charge in [-0.25, -0.2) is 0 Å². The highest BCUT2D eigenvalue weighted by molar-refractivity contribution is 6.00. The molecule has 0 aliphatic carbocycles. The van der Waals surface area contributed by atoms with E-state index in [-0.39, 0.29) is 5.78 Å². The fourth-order valence-electron chi connectivity index (χ4n) is 2.42. The van der Waals surface area contributed by atoms with Gasteiger partial charge >= 0.3 is 6.18 Å². The molecule has 0 bridgehead atoms. The zero-order valence-corrected chi connectivity index (χ0v) is 12.1. The Morgan fingerprint density at radius 2 is 1.81 bits per heavy atom. The van der Waals surface area contributed by atoms with Crippen molar-refractivity contribution in [1.29, 1.82) is 0 Å². The average Bonchev–Trinajstić information content (AvgIpc) is 2.42. The number of fused-ring (bicyclic) bond motifs is 1. The van der Waals surface area contributed by atoms with Crippen molar-refractivity contribution in [3.05, 3.63) is 47.0 Å². The van der Waals surface area contributed by atoms with Crippen LogP contribution in [-0.4, -0.2) is 5.78 Å². The second kappa shape index (κ2) is 5.88. The first-order valence-corrected chi connectivity index (χ1v) is 6.97. The molecule has 21 heavy (non-hydrogen) atoms. The summed E-state index contributed by atoms with van der Waals surface area (Å²) in [6.07, 6.45) is -1.65. The Morgan fingerprint density at radius 3 is 2.38 bits per heavy atom. The van der Waals surface area contributed by atoms with Crippen LogP contribution in [0.25, 0.3) is 10.8 Å². The molecule has 4 heteroatoms. The number of aryl methyl sites for hydroxylation is 1. The molecule has 0 spiro atoms. The van der Waals surface area contributed by atoms with Crippen molar-refractivity contribution in [2.75, 3.05) is 0 Å². The molecular formula is C17H17F3O. The lowest BCUT2D eigenvalue weighted by Gasteiger charge is -2.12. The fraction of sp³-hybridized carbons (Fsp3) is 0.353. The Hall–Kier alpha value is -1.84. The maximum absolute atomic E-state index is 12.8. The molecule has 1 nitrogen and oxygen atoms in total. The second-order valence-electron chi connectivity index (χ2n) is 5.23. The molecule has 0 radical (unpaired) electrons. The van der Waals surface area contributed by atoms with Gasteiger partial charge in [0.15, 0.2) is 5.78 Å². The topological polar surface area (TPSA) is 17.1 Å². The van der Waals surface area contributed by atoms with Crippen LogP contribution in [0.2, 0.25) is 0 Å². The van der Waals surface area contributed by atoms with Crippen LogP contribution in [-0.2, 0) is 12.6 Å². The van der Waals surface area contributed by atoms with Crippen LogP contribution in [0.15, 0.2) is 30.3 Å². The molecule has 2 rings (SSSR count). The third kappa shape index (κ3) is 3.43. The lowest BCUT2D eigenvalue weighted by molar-refractivity contribution is -0.137. The highest BCUT2D eigenvalue weighted by atomic mass is 19.4. The van der Waals surface area contributed by atoms with E-state index in [0.717, 1.165) is 42.3 Å². The summed E-state index contributed by atoms with van der Waals surface area (Å²) in [4.78, 5) is 11.7. The predicted octanol–water partition coefficient (Wildman–Crippen LogP) is 5.40. The van der Waals surface area contributed by atoms with Crippen molar-refractivity contribution < 1.29 is 18.0 Å². The maximum atomic E-state index is 12.8. The number of rotatable bonds is 4. The van der Waals surface area contributed by atoms with Gasteiger partial charge in [-0.1, -0.05) is 25.5 Å². The summed E-state index contributed by atoms with van der Waals surface area (Å²) < 4.78 is 38.3. The van der Waals surface area contributed by atoms with Gasteiger partial charge in [0.1, 0.15) is 0 Å². The summed E-state index contributed by atoms with van der Waals surface area (Å²) in [7, 11) is 0. The van der Waals surface area contributed by atoms with E-state index in [1.807, 2.05) is 6.07 Å². The first-order chi connectivity index (χ1) is 9.82. The van der Waals surface area contributed by atoms with Gasteiger partial charge in [-0.05, 0) is 54.3 Å². The summed E-state index contributed by atoms with van der Waals surface area (Å²) in [5.41, 5.74) is 0.748. The normalized spacial score (nSPS) is 11.9. The molecule has 0 unspecified atom stereocenters. The van der Waals surface area contributed by atoms with E-state index in [4.69, 9.17) is 0 Å². The maximum Gasteiger partial charge on any atom is 0.416 e. The summed E-state index contributed by atoms with van der Waals surface area (Å²) in [5, 5.41) is 1.19. The van der Waals surface area contributed by atoms with Gasteiger partial charge in [0.25, 0.3) is 0 Å². The summed E-state index contributed by atoms with van der Waals surface area (Å²) >= 11 is 0. The summed E-state index contributed by atoms with van der Waals surface area (Å²) in [5.74, 6) is -0.111. The number of Topliss-reactive ketones (excluding diaryl/α,β-unsaturated/α-hetero) is 1. The standard InChI is InChI=1S/C17H17F3O/c1-3-4-5-13-8-12-6-7-15(17(18,19)20)9-14(12)10-16(13)11(2)21/h6-10H,3-5H2,1-2H3. The van der Waals surface area contributed by atoms with Gasteiger partial charge in [-0.3, -0.25) is 4.79 Å². The van der Waals surface area contributed by atoms with Crippen molar-refractivity contribution in [2.45, 2.75) is 39.3 Å². The Morgan fingerprint density at radius 1 is 1.10 bits per heavy atom. The predicted molar refractivity (Wildman–Crippen MR) is 77.6 cm³/mol. The van der Waals surface area contributed by atoms with Crippen molar-refractivity contribution in [3.8, 4) is 0 Å². The summed E-state index contributed by atoms with van der Waals surface area (Å²) in [6, 6.07) is 7.07. The van der Waals surface area contributed by atoms with E-state index < -0.39 is 11.7 Å². The zero-order chi connectivity index (χ0) is 15.6. The molecule has 0 N–H and O–H groups in total. The van der Waals surface area contributed by atoms with Crippen LogP contribution in [0, 0.1) is 0 Å². The Labute approximate surface area is 121 Å². The van der Waals surface area contributed by atoms with Crippen LogP contribution < -0.4 is 0 Å². The Bertz CT molecular complexity index is 672. The third-order valence-corrected chi connectivity index (χ3v) is 3.57. The number of halogens is 3. The number of hydrogen-bond donors (Lipinski definition) is 0. The van der Waals surface area contributed by atoms with Crippen LogP contribution in [0.3, 0.4) is 0 Å². The van der Waals surface area contributed by atoms with Gasteiger partial charge in [-0.15, -0.1) is 0 Å². The molecule has 2 aromatic carbocycles. The first-order valence-electron chi connectivity index (χ1n) is 6.97. The molecule has 0 fully saturated rings. The van der Waals surface area contributed by atoms with Gasteiger partial charge in [0.2, 0.25) is 0 Å². The van der Waals surface area contributed by atoms with E-state index in [9.17, 15) is 18.0 Å². The molecule has 2 aromatic rings. The van der Waals surface area contributed by atoms with E-state index in [2.05, 4.69) is 6.92 Å². The molecule has 0 saturated carbocycles. The number of hydrogen-bond acceptors (Lipinski definition) is 1. The van der Waals surface area contributed by atoms with E-state index in [1.165, 1.54) is 13.0 Å². The molecule has 0 amide bonds. The molecule has 112 valence electrons. The number of benzene rings is 2. The third-order valence-electron chi connectivity index (χ3n) is 3.57. The Balaban J connectivity index is 2.58. The molecule has 0 aliphatic heterocycles. The van der Waals surface area contributed by atoms with Crippen molar-refractivity contribution in [1.82, 2.24) is 0 Å². The number of carbonyl (C=O) groups excluding carboxylic acids is 1. The van der Waals surface area contributed by atoms with Gasteiger partial charge < -0.3 is 0 Å². The minimum atomic E-state index is -4.37. The van der Waals surface area contributed by atoms with Crippen LogP contribution in [0.4, 0.5) is 13.2 Å². The monoisotopic (exact) mass is 294 g/mol. The highest BCUT2D eigenvalue weighted by Gasteiger charge is 2.30. The average molecular weight is 294 g/mol. The van der Waals surface area contributed by atoms with Gasteiger partial charge in [-0.2, -0.15) is 13.2 Å². The summed E-state index contributed by atoms with van der Waals surface area (Å²) in [6.45, 7) is 3.51. The minimum Gasteiger partial charge on any atom is -0.295 e. The largest absolute Gasteiger partial charge is 0.416 e. The van der Waals surface area contributed by atoms with Crippen LogP contribution in [0.5, 0.6) is 0 Å². The molecule has 0 saturated heterocycles.